The van der Waals surface area contributed by atoms with Gasteiger partial charge in [-0.05, 0) is 90.9 Å². The van der Waals surface area contributed by atoms with Crippen molar-refractivity contribution in [3.63, 3.8) is 0 Å². The number of aryl methyl sites for hydroxylation is 2. The molecule has 2 saturated heterocycles. The number of fused-ring (bicyclic) bond motifs is 6. The molecule has 2 aromatic heterocycles. The third kappa shape index (κ3) is 5.07. The normalized spacial score (nSPS) is 25.2. The molecule has 6 aromatic rings. The van der Waals surface area contributed by atoms with Crippen LogP contribution in [0.2, 0.25) is 5.02 Å². The number of carbonyl (C=O) groups is 5. The van der Waals surface area contributed by atoms with Gasteiger partial charge in [-0.3, -0.25) is 23.9 Å². The van der Waals surface area contributed by atoms with Gasteiger partial charge in [0.25, 0.3) is 0 Å². The summed E-state index contributed by atoms with van der Waals surface area (Å²) in [4.78, 5) is 73.9. The van der Waals surface area contributed by atoms with Gasteiger partial charge in [0.15, 0.2) is 0 Å². The van der Waals surface area contributed by atoms with Crippen LogP contribution in [-0.2, 0) is 26.2 Å². The molecular formula is C45H35ClN4O8S. The Labute approximate surface area is 345 Å². The van der Waals surface area contributed by atoms with Crippen LogP contribution in [0.25, 0.3) is 31.4 Å². The summed E-state index contributed by atoms with van der Waals surface area (Å²) < 4.78 is 2.56. The van der Waals surface area contributed by atoms with Crippen molar-refractivity contribution in [1.29, 1.82) is 0 Å². The first-order valence-electron chi connectivity index (χ1n) is 19.2. The van der Waals surface area contributed by atoms with Crippen molar-refractivity contribution in [2.75, 3.05) is 9.80 Å². The van der Waals surface area contributed by atoms with Crippen LogP contribution in [0.5, 0.6) is 11.5 Å². The van der Waals surface area contributed by atoms with E-state index in [1.54, 1.807) is 42.6 Å². The van der Waals surface area contributed by atoms with Crippen LogP contribution in [-0.4, -0.2) is 54.7 Å². The van der Waals surface area contributed by atoms with Gasteiger partial charge >= 0.3 is 5.97 Å². The molecule has 12 nitrogen and oxygen atoms in total. The molecule has 2 aliphatic heterocycles. The number of phenols is 2. The first-order chi connectivity index (χ1) is 28.2. The Balaban J connectivity index is 1.11. The first-order valence-corrected chi connectivity index (χ1v) is 20.4. The van der Waals surface area contributed by atoms with E-state index in [0.29, 0.717) is 32.9 Å². The van der Waals surface area contributed by atoms with Crippen molar-refractivity contribution in [2.24, 2.45) is 36.1 Å². The van der Waals surface area contributed by atoms with E-state index >= 15 is 9.59 Å². The molecule has 6 unspecified atom stereocenters. The van der Waals surface area contributed by atoms with Crippen LogP contribution in [0.1, 0.15) is 47.2 Å². The predicted octanol–water partition coefficient (Wildman–Crippen LogP) is 7.96. The Bertz CT molecular complexity index is 2950. The molecule has 4 aliphatic rings. The number of phenolic OH excluding ortho intramolecular Hbond substituents is 1. The molecule has 0 spiro atoms. The SMILES string of the molecule is Cc1c(-c2cc(N3C(=O)C4CC5C(=CCC6C(=O)N(c7ccc(C(=O)O)c(O)c7)C(=O)C65)C(c5ccc(O)c6ccccc56)C4(C)C3=O)n(C)n2)sc2ccc(Cl)cc12. The van der Waals surface area contributed by atoms with E-state index in [0.717, 1.165) is 43.1 Å². The number of thiophene rings is 1. The summed E-state index contributed by atoms with van der Waals surface area (Å²) in [6.45, 7) is 3.80. The monoisotopic (exact) mass is 826 g/mol. The average molecular weight is 827 g/mol. The fourth-order valence-corrected chi connectivity index (χ4v) is 11.8. The van der Waals surface area contributed by atoms with Gasteiger partial charge in [-0.2, -0.15) is 5.10 Å². The highest BCUT2D eigenvalue weighted by atomic mass is 35.5. The van der Waals surface area contributed by atoms with E-state index in [1.807, 2.05) is 56.3 Å². The summed E-state index contributed by atoms with van der Waals surface area (Å²) in [7, 11) is 1.69. The number of halogens is 1. The number of anilines is 2. The first kappa shape index (κ1) is 37.0. The third-order valence-corrected chi connectivity index (χ3v) is 14.7. The summed E-state index contributed by atoms with van der Waals surface area (Å²) >= 11 is 7.87. The summed E-state index contributed by atoms with van der Waals surface area (Å²) in [6, 6.07) is 21.7. The molecule has 59 heavy (non-hydrogen) atoms. The Kier molecular flexibility index (Phi) is 8.05. The van der Waals surface area contributed by atoms with E-state index in [-0.39, 0.29) is 29.8 Å². The minimum Gasteiger partial charge on any atom is -0.507 e. The zero-order chi connectivity index (χ0) is 41.4. The lowest BCUT2D eigenvalue weighted by Gasteiger charge is -2.49. The minimum atomic E-state index is -1.36. The number of carboxylic acid groups (broad SMARTS) is 1. The lowest BCUT2D eigenvalue weighted by Crippen LogP contribution is -2.49. The number of carboxylic acids is 1. The molecular weight excluding hydrogens is 792 g/mol. The van der Waals surface area contributed by atoms with Crippen LogP contribution in [0, 0.1) is 36.0 Å². The number of aromatic nitrogens is 2. The van der Waals surface area contributed by atoms with E-state index in [4.69, 9.17) is 16.7 Å². The fraction of sp³-hybridized carbons (Fsp3) is 0.244. The molecule has 1 saturated carbocycles. The van der Waals surface area contributed by atoms with E-state index in [9.17, 15) is 29.7 Å². The summed E-state index contributed by atoms with van der Waals surface area (Å²) in [5.74, 6) is -7.46. The van der Waals surface area contributed by atoms with Gasteiger partial charge < -0.3 is 15.3 Å². The van der Waals surface area contributed by atoms with Crippen LogP contribution in [0.15, 0.2) is 90.5 Å². The van der Waals surface area contributed by atoms with E-state index in [1.165, 1.54) is 15.6 Å². The van der Waals surface area contributed by atoms with Crippen molar-refractivity contribution < 1.29 is 39.3 Å². The van der Waals surface area contributed by atoms with Crippen molar-refractivity contribution in [1.82, 2.24) is 9.78 Å². The number of nitrogens with zero attached hydrogens (tertiary/aromatic N) is 4. The second kappa shape index (κ2) is 12.8. The van der Waals surface area contributed by atoms with Gasteiger partial charge in [-0.15, -0.1) is 11.3 Å². The van der Waals surface area contributed by atoms with E-state index in [2.05, 4.69) is 0 Å². The number of benzene rings is 4. The van der Waals surface area contributed by atoms with Crippen LogP contribution in [0.3, 0.4) is 0 Å². The fourth-order valence-electron chi connectivity index (χ4n) is 10.4. The lowest BCUT2D eigenvalue weighted by molar-refractivity contribution is -0.131. The molecule has 14 heteroatoms. The zero-order valence-corrected chi connectivity index (χ0v) is 33.4. The van der Waals surface area contributed by atoms with Crippen molar-refractivity contribution >= 4 is 84.9 Å². The van der Waals surface area contributed by atoms with Gasteiger partial charge in [0.1, 0.15) is 28.6 Å². The third-order valence-electron chi connectivity index (χ3n) is 13.2. The minimum absolute atomic E-state index is 0.0439. The molecule has 3 N–H and O–H groups in total. The smallest absolute Gasteiger partial charge is 0.339 e. The van der Waals surface area contributed by atoms with Crippen LogP contribution in [0.4, 0.5) is 11.5 Å². The maximum atomic E-state index is 15.3. The highest BCUT2D eigenvalue weighted by Crippen LogP contribution is 2.64. The van der Waals surface area contributed by atoms with Crippen molar-refractivity contribution in [2.45, 2.75) is 32.6 Å². The number of rotatable bonds is 5. The van der Waals surface area contributed by atoms with E-state index < -0.39 is 70.4 Å². The quantitative estimate of drug-likeness (QED) is 0.115. The average Bonchev–Trinajstić information content (AvgIpc) is 3.88. The second-order valence-corrected chi connectivity index (χ2v) is 17.6. The molecule has 6 atom stereocenters. The number of carbonyl (C=O) groups excluding carboxylic acids is 4. The maximum Gasteiger partial charge on any atom is 0.339 e. The number of imide groups is 2. The molecule has 4 aromatic carbocycles. The molecule has 4 heterocycles. The van der Waals surface area contributed by atoms with Crippen molar-refractivity contribution in [3.05, 3.63) is 112 Å². The topological polar surface area (TPSA) is 170 Å². The lowest BCUT2D eigenvalue weighted by atomic mass is 9.51. The zero-order valence-electron chi connectivity index (χ0n) is 31.8. The number of hydrogen-bond donors (Lipinski definition) is 3. The second-order valence-electron chi connectivity index (χ2n) is 16.1. The molecule has 0 bridgehead atoms. The molecule has 3 fully saturated rings. The Morgan fingerprint density at radius 3 is 2.37 bits per heavy atom. The van der Waals surface area contributed by atoms with Gasteiger partial charge in [0, 0.05) is 40.2 Å². The highest BCUT2D eigenvalue weighted by Gasteiger charge is 2.68. The molecule has 4 amide bonds. The molecule has 2 aliphatic carbocycles. The molecule has 0 radical (unpaired) electrons. The standard InChI is InChI=1S/C45H35ClN4O8S/c1-20-29-16-21(46)8-15-35(29)59-39(20)32-19-36(48(3)47-32)50-41(54)31-18-30-26(38(45(31,2)44(50)58)25-13-14-33(51)24-7-5-4-6-23(24)25)11-12-28-37(30)42(55)49(40(28)53)22-9-10-27(43(56)57)34(52)17-22/h4-11,13-17,19,28,30-31,37-38,51-52H,12,18H2,1-3H3,(H,56,57). The number of hydrogen-bond acceptors (Lipinski definition) is 9. The highest BCUT2D eigenvalue weighted by molar-refractivity contribution is 7.22. The van der Waals surface area contributed by atoms with Crippen molar-refractivity contribution in [3.8, 4) is 22.1 Å². The molecule has 296 valence electrons. The van der Waals surface area contributed by atoms with Gasteiger partial charge in [0.05, 0.1) is 33.7 Å². The summed E-state index contributed by atoms with van der Waals surface area (Å²) in [5.41, 5.74) is 1.35. The molecule has 10 rings (SSSR count). The number of aromatic hydroxyl groups is 2. The summed E-state index contributed by atoms with van der Waals surface area (Å²) in [6.07, 6.45) is 2.23. The number of amides is 4. The number of aromatic carboxylic acids is 1. The largest absolute Gasteiger partial charge is 0.507 e. The predicted molar refractivity (Wildman–Crippen MR) is 222 cm³/mol. The Morgan fingerprint density at radius 2 is 1.63 bits per heavy atom. The Morgan fingerprint density at radius 1 is 0.864 bits per heavy atom. The van der Waals surface area contributed by atoms with Gasteiger partial charge in [-0.1, -0.05) is 53.6 Å². The Hall–Kier alpha value is -6.31. The number of allylic oxidation sites excluding steroid dienone is 2. The van der Waals surface area contributed by atoms with Gasteiger partial charge in [0.2, 0.25) is 23.6 Å². The summed E-state index contributed by atoms with van der Waals surface area (Å²) in [5, 5.41) is 38.6. The van der Waals surface area contributed by atoms with Crippen LogP contribution >= 0.6 is 22.9 Å². The van der Waals surface area contributed by atoms with Crippen LogP contribution < -0.4 is 9.80 Å². The maximum absolute atomic E-state index is 15.3. The van der Waals surface area contributed by atoms with Gasteiger partial charge in [-0.25, -0.2) is 14.6 Å².